The first kappa shape index (κ1) is 13.1. The molecule has 5 heteroatoms. The largest absolute Gasteiger partial charge is 0.324 e. The van der Waals surface area contributed by atoms with Crippen LogP contribution in [0, 0.1) is 12.7 Å². The highest BCUT2D eigenvalue weighted by Crippen LogP contribution is 2.22. The van der Waals surface area contributed by atoms with Gasteiger partial charge in [0.05, 0.1) is 6.20 Å². The van der Waals surface area contributed by atoms with Crippen LogP contribution in [0.4, 0.5) is 4.39 Å². The molecular weight excluding hydrogens is 253 g/mol. The standard InChI is InChI=1S/C13H15ClFN3/c1-8-11(7-17-18(8)2)13(16)5-9-3-4-10(14)6-12(9)15/h3-4,6-7,13H,5,16H2,1-2H3. The van der Waals surface area contributed by atoms with Gasteiger partial charge in [-0.1, -0.05) is 17.7 Å². The first-order valence-electron chi connectivity index (χ1n) is 5.67. The van der Waals surface area contributed by atoms with Crippen LogP contribution in [0.5, 0.6) is 0 Å². The zero-order valence-electron chi connectivity index (χ0n) is 10.3. The molecule has 0 aliphatic heterocycles. The average Bonchev–Trinajstić information content (AvgIpc) is 2.64. The van der Waals surface area contributed by atoms with E-state index in [0.717, 1.165) is 11.3 Å². The zero-order chi connectivity index (χ0) is 13.3. The summed E-state index contributed by atoms with van der Waals surface area (Å²) < 4.78 is 15.4. The molecule has 0 radical (unpaired) electrons. The molecule has 0 amide bonds. The quantitative estimate of drug-likeness (QED) is 0.929. The number of hydrogen-bond donors (Lipinski definition) is 1. The fourth-order valence-electron chi connectivity index (χ4n) is 1.91. The molecule has 0 fully saturated rings. The fourth-order valence-corrected chi connectivity index (χ4v) is 2.07. The lowest BCUT2D eigenvalue weighted by molar-refractivity contribution is 0.592. The maximum Gasteiger partial charge on any atom is 0.127 e. The van der Waals surface area contributed by atoms with Gasteiger partial charge in [0, 0.05) is 29.4 Å². The van der Waals surface area contributed by atoms with Crippen LogP contribution in [0.25, 0.3) is 0 Å². The van der Waals surface area contributed by atoms with Crippen molar-refractivity contribution in [1.29, 1.82) is 0 Å². The van der Waals surface area contributed by atoms with E-state index in [0.29, 0.717) is 17.0 Å². The van der Waals surface area contributed by atoms with Crippen LogP contribution in [0.1, 0.15) is 22.9 Å². The Bertz CT molecular complexity index is 565. The van der Waals surface area contributed by atoms with E-state index in [-0.39, 0.29) is 11.9 Å². The molecule has 1 unspecified atom stereocenters. The second kappa shape index (κ2) is 5.08. The van der Waals surface area contributed by atoms with Gasteiger partial charge in [-0.25, -0.2) is 4.39 Å². The highest BCUT2D eigenvalue weighted by molar-refractivity contribution is 6.30. The van der Waals surface area contributed by atoms with Gasteiger partial charge in [-0.2, -0.15) is 5.10 Å². The van der Waals surface area contributed by atoms with Gasteiger partial charge in [-0.15, -0.1) is 0 Å². The van der Waals surface area contributed by atoms with E-state index in [2.05, 4.69) is 5.10 Å². The van der Waals surface area contributed by atoms with Crippen LogP contribution >= 0.6 is 11.6 Å². The van der Waals surface area contributed by atoms with Crippen molar-refractivity contribution in [3.8, 4) is 0 Å². The fraction of sp³-hybridized carbons (Fsp3) is 0.308. The second-order valence-electron chi connectivity index (χ2n) is 4.36. The normalized spacial score (nSPS) is 12.7. The molecule has 1 aromatic carbocycles. The lowest BCUT2D eigenvalue weighted by Crippen LogP contribution is -2.15. The van der Waals surface area contributed by atoms with Gasteiger partial charge < -0.3 is 5.73 Å². The van der Waals surface area contributed by atoms with E-state index < -0.39 is 0 Å². The van der Waals surface area contributed by atoms with Crippen LogP contribution in [-0.4, -0.2) is 9.78 Å². The number of nitrogens with two attached hydrogens (primary N) is 1. The summed E-state index contributed by atoms with van der Waals surface area (Å²) in [6.45, 7) is 1.94. The SMILES string of the molecule is Cc1c(C(N)Cc2ccc(Cl)cc2F)cnn1C. The van der Waals surface area contributed by atoms with E-state index >= 15 is 0 Å². The lowest BCUT2D eigenvalue weighted by atomic mass is 10.00. The minimum absolute atomic E-state index is 0.269. The zero-order valence-corrected chi connectivity index (χ0v) is 11.1. The second-order valence-corrected chi connectivity index (χ2v) is 4.79. The Balaban J connectivity index is 2.21. The van der Waals surface area contributed by atoms with Crippen LogP contribution in [0.3, 0.4) is 0 Å². The van der Waals surface area contributed by atoms with Crippen molar-refractivity contribution in [2.75, 3.05) is 0 Å². The van der Waals surface area contributed by atoms with Crippen molar-refractivity contribution in [2.45, 2.75) is 19.4 Å². The Hall–Kier alpha value is -1.39. The number of aromatic nitrogens is 2. The minimum Gasteiger partial charge on any atom is -0.324 e. The summed E-state index contributed by atoms with van der Waals surface area (Å²) in [4.78, 5) is 0. The van der Waals surface area contributed by atoms with Crippen molar-refractivity contribution >= 4 is 11.6 Å². The minimum atomic E-state index is -0.320. The predicted molar refractivity (Wildman–Crippen MR) is 70.0 cm³/mol. The first-order chi connectivity index (χ1) is 8.49. The summed E-state index contributed by atoms with van der Waals surface area (Å²) in [6.07, 6.45) is 2.16. The van der Waals surface area contributed by atoms with Gasteiger partial charge in [0.1, 0.15) is 5.82 Å². The maximum atomic E-state index is 13.7. The number of rotatable bonds is 3. The van der Waals surface area contributed by atoms with Crippen LogP contribution in [0.2, 0.25) is 5.02 Å². The summed E-state index contributed by atoms with van der Waals surface area (Å²) in [5.74, 6) is -0.320. The molecule has 18 heavy (non-hydrogen) atoms. The molecule has 0 bridgehead atoms. The molecule has 1 aromatic heterocycles. The van der Waals surface area contributed by atoms with E-state index in [9.17, 15) is 4.39 Å². The molecule has 0 spiro atoms. The third kappa shape index (κ3) is 2.54. The number of hydrogen-bond acceptors (Lipinski definition) is 2. The van der Waals surface area contributed by atoms with Crippen LogP contribution in [0.15, 0.2) is 24.4 Å². The lowest BCUT2D eigenvalue weighted by Gasteiger charge is -2.12. The molecule has 2 N–H and O–H groups in total. The monoisotopic (exact) mass is 267 g/mol. The predicted octanol–water partition coefficient (Wildman–Crippen LogP) is 2.76. The summed E-state index contributed by atoms with van der Waals surface area (Å²) in [5, 5.41) is 4.53. The summed E-state index contributed by atoms with van der Waals surface area (Å²) in [5.41, 5.74) is 8.59. The number of benzene rings is 1. The number of nitrogens with zero attached hydrogens (tertiary/aromatic N) is 2. The van der Waals surface area contributed by atoms with Gasteiger partial charge in [-0.05, 0) is 31.0 Å². The van der Waals surface area contributed by atoms with Gasteiger partial charge in [0.15, 0.2) is 0 Å². The number of halogens is 2. The molecule has 96 valence electrons. The highest BCUT2D eigenvalue weighted by Gasteiger charge is 2.15. The molecule has 0 saturated carbocycles. The topological polar surface area (TPSA) is 43.8 Å². The molecule has 0 saturated heterocycles. The van der Waals surface area contributed by atoms with Crippen molar-refractivity contribution in [3.05, 3.63) is 52.1 Å². The summed E-state index contributed by atoms with van der Waals surface area (Å²) in [7, 11) is 1.86. The van der Waals surface area contributed by atoms with Gasteiger partial charge in [0.25, 0.3) is 0 Å². The van der Waals surface area contributed by atoms with Gasteiger partial charge in [-0.3, -0.25) is 4.68 Å². The Morgan fingerprint density at radius 3 is 2.78 bits per heavy atom. The third-order valence-electron chi connectivity index (χ3n) is 3.13. The Kier molecular flexibility index (Phi) is 3.68. The van der Waals surface area contributed by atoms with Crippen molar-refractivity contribution in [2.24, 2.45) is 12.8 Å². The Morgan fingerprint density at radius 2 is 2.22 bits per heavy atom. The maximum absolute atomic E-state index is 13.7. The first-order valence-corrected chi connectivity index (χ1v) is 6.05. The van der Waals surface area contributed by atoms with Crippen LogP contribution < -0.4 is 5.73 Å². The van der Waals surface area contributed by atoms with Gasteiger partial charge in [0.2, 0.25) is 0 Å². The van der Waals surface area contributed by atoms with Crippen molar-refractivity contribution in [3.63, 3.8) is 0 Å². The van der Waals surface area contributed by atoms with E-state index in [1.807, 2.05) is 14.0 Å². The molecule has 3 nitrogen and oxygen atoms in total. The van der Waals surface area contributed by atoms with E-state index in [1.165, 1.54) is 6.07 Å². The molecular formula is C13H15ClFN3. The number of aryl methyl sites for hydroxylation is 1. The molecule has 2 aromatic rings. The molecule has 0 aliphatic rings. The highest BCUT2D eigenvalue weighted by atomic mass is 35.5. The van der Waals surface area contributed by atoms with Gasteiger partial charge >= 0.3 is 0 Å². The third-order valence-corrected chi connectivity index (χ3v) is 3.36. The van der Waals surface area contributed by atoms with Crippen molar-refractivity contribution < 1.29 is 4.39 Å². The molecule has 2 rings (SSSR count). The van der Waals surface area contributed by atoms with Crippen LogP contribution in [-0.2, 0) is 13.5 Å². The summed E-state index contributed by atoms with van der Waals surface area (Å²) >= 11 is 5.71. The van der Waals surface area contributed by atoms with E-state index in [4.69, 9.17) is 17.3 Å². The Labute approximate surface area is 110 Å². The molecule has 1 heterocycles. The summed E-state index contributed by atoms with van der Waals surface area (Å²) in [6, 6.07) is 4.38. The smallest absolute Gasteiger partial charge is 0.127 e. The molecule has 1 atom stereocenters. The van der Waals surface area contributed by atoms with Crippen molar-refractivity contribution in [1.82, 2.24) is 9.78 Å². The Morgan fingerprint density at radius 1 is 1.50 bits per heavy atom. The van der Waals surface area contributed by atoms with E-state index in [1.54, 1.807) is 23.0 Å². The average molecular weight is 268 g/mol. The molecule has 0 aliphatic carbocycles.